The number of hydrogen-bond donors (Lipinski definition) is 1. The lowest BCUT2D eigenvalue weighted by Crippen LogP contribution is -2.21. The first kappa shape index (κ1) is 12.3. The topological polar surface area (TPSA) is 55.1 Å². The van der Waals surface area contributed by atoms with Crippen LogP contribution in [0.1, 0.15) is 31.5 Å². The highest BCUT2D eigenvalue weighted by Gasteiger charge is 2.26. The quantitative estimate of drug-likeness (QED) is 0.863. The number of aliphatic carboxylic acids is 1. The molecule has 1 rings (SSSR count). The van der Waals surface area contributed by atoms with Gasteiger partial charge in [0, 0.05) is 0 Å². The van der Waals surface area contributed by atoms with Crippen molar-refractivity contribution in [2.45, 2.75) is 25.8 Å². The van der Waals surface area contributed by atoms with Crippen LogP contribution in [0.25, 0.3) is 0 Å². The van der Waals surface area contributed by atoms with Gasteiger partial charge in [0.1, 0.15) is 11.7 Å². The van der Waals surface area contributed by atoms with E-state index in [-0.39, 0.29) is 15.7 Å². The number of carbonyl (C=O) groups is 1. The van der Waals surface area contributed by atoms with Crippen LogP contribution in [0.3, 0.4) is 0 Å². The van der Waals surface area contributed by atoms with Crippen molar-refractivity contribution in [3.8, 4) is 0 Å². The van der Waals surface area contributed by atoms with E-state index in [0.717, 1.165) is 4.68 Å². The van der Waals surface area contributed by atoms with Gasteiger partial charge in [-0.25, -0.2) is 18.3 Å². The minimum Gasteiger partial charge on any atom is -0.480 e. The smallest absolute Gasteiger partial charge is 0.328 e. The van der Waals surface area contributed by atoms with Crippen LogP contribution < -0.4 is 0 Å². The molecule has 0 fully saturated rings. The normalized spacial score (nSPS) is 13.1. The molecule has 84 valence electrons. The molecule has 1 aromatic rings. The highest BCUT2D eigenvalue weighted by molar-refractivity contribution is 14.1. The highest BCUT2D eigenvalue weighted by Crippen LogP contribution is 2.27. The van der Waals surface area contributed by atoms with E-state index >= 15 is 0 Å². The second kappa shape index (κ2) is 4.86. The van der Waals surface area contributed by atoms with E-state index in [4.69, 9.17) is 5.11 Å². The third-order valence-electron chi connectivity index (χ3n) is 1.96. The minimum absolute atomic E-state index is 0.215. The third kappa shape index (κ3) is 2.44. The SMILES string of the molecule is CC[C@@H](C(=O)O)n1ncc(I)c1C(F)F. The van der Waals surface area contributed by atoms with Crippen molar-refractivity contribution in [3.63, 3.8) is 0 Å². The van der Waals surface area contributed by atoms with Crippen LogP contribution in [-0.2, 0) is 4.79 Å². The molecular weight excluding hydrogens is 321 g/mol. The van der Waals surface area contributed by atoms with Gasteiger partial charge in [-0.2, -0.15) is 5.10 Å². The maximum absolute atomic E-state index is 12.6. The maximum Gasteiger partial charge on any atom is 0.328 e. The van der Waals surface area contributed by atoms with Crippen LogP contribution in [-0.4, -0.2) is 20.9 Å². The average molecular weight is 330 g/mol. The summed E-state index contributed by atoms with van der Waals surface area (Å²) in [5, 5.41) is 12.5. The molecule has 0 saturated heterocycles. The van der Waals surface area contributed by atoms with Gasteiger partial charge in [0.2, 0.25) is 0 Å². The molecule has 1 heterocycles. The summed E-state index contributed by atoms with van der Waals surface area (Å²) in [5.74, 6) is -1.15. The molecule has 0 aliphatic rings. The Hall–Kier alpha value is -0.730. The molecule has 7 heteroatoms. The maximum atomic E-state index is 12.6. The highest BCUT2D eigenvalue weighted by atomic mass is 127. The van der Waals surface area contributed by atoms with E-state index in [2.05, 4.69) is 5.10 Å². The van der Waals surface area contributed by atoms with Crippen LogP contribution in [0.4, 0.5) is 8.78 Å². The molecule has 4 nitrogen and oxygen atoms in total. The monoisotopic (exact) mass is 330 g/mol. The van der Waals surface area contributed by atoms with E-state index in [1.54, 1.807) is 29.5 Å². The number of carboxylic acids is 1. The Kier molecular flexibility index (Phi) is 4.00. The Labute approximate surface area is 98.4 Å². The van der Waals surface area contributed by atoms with Gasteiger partial charge in [-0.15, -0.1) is 0 Å². The number of halogens is 3. The number of rotatable bonds is 4. The summed E-state index contributed by atoms with van der Waals surface area (Å²) in [4.78, 5) is 10.8. The van der Waals surface area contributed by atoms with Crippen LogP contribution in [0.5, 0.6) is 0 Å². The van der Waals surface area contributed by atoms with Crippen molar-refractivity contribution in [2.75, 3.05) is 0 Å². The van der Waals surface area contributed by atoms with Crippen LogP contribution in [0.2, 0.25) is 0 Å². The molecule has 0 radical (unpaired) electrons. The first-order chi connectivity index (χ1) is 6.99. The summed E-state index contributed by atoms with van der Waals surface area (Å²) in [6.45, 7) is 1.61. The summed E-state index contributed by atoms with van der Waals surface area (Å²) in [6.07, 6.45) is -1.26. The van der Waals surface area contributed by atoms with Gasteiger partial charge >= 0.3 is 5.97 Å². The molecule has 0 aromatic carbocycles. The number of alkyl halides is 2. The molecule has 0 aliphatic carbocycles. The Balaban J connectivity index is 3.18. The Morgan fingerprint density at radius 3 is 2.73 bits per heavy atom. The lowest BCUT2D eigenvalue weighted by atomic mass is 10.2. The van der Waals surface area contributed by atoms with Gasteiger partial charge in [-0.05, 0) is 29.0 Å². The Morgan fingerprint density at radius 2 is 2.33 bits per heavy atom. The number of nitrogens with zero attached hydrogens (tertiary/aromatic N) is 2. The van der Waals surface area contributed by atoms with E-state index in [1.165, 1.54) is 6.20 Å². The van der Waals surface area contributed by atoms with Gasteiger partial charge in [-0.1, -0.05) is 6.92 Å². The zero-order valence-electron chi connectivity index (χ0n) is 7.82. The standard InChI is InChI=1S/C8H9F2IN2O2/c1-2-5(8(14)15)13-6(7(9)10)4(11)3-12-13/h3,5,7H,2H2,1H3,(H,14,15)/t5-/m0/s1. The predicted molar refractivity (Wildman–Crippen MR) is 56.9 cm³/mol. The summed E-state index contributed by atoms with van der Waals surface area (Å²) in [7, 11) is 0. The van der Waals surface area contributed by atoms with Gasteiger partial charge in [-0.3, -0.25) is 0 Å². The second-order valence-corrected chi connectivity index (χ2v) is 4.05. The molecule has 0 unspecified atom stereocenters. The lowest BCUT2D eigenvalue weighted by molar-refractivity contribution is -0.141. The first-order valence-corrected chi connectivity index (χ1v) is 5.30. The number of hydrogen-bond acceptors (Lipinski definition) is 2. The third-order valence-corrected chi connectivity index (χ3v) is 2.79. The van der Waals surface area contributed by atoms with Crippen LogP contribution >= 0.6 is 22.6 Å². The van der Waals surface area contributed by atoms with Gasteiger partial charge in [0.05, 0.1) is 9.77 Å². The Morgan fingerprint density at radius 1 is 1.73 bits per heavy atom. The summed E-state index contributed by atoms with van der Waals surface area (Å²) < 4.78 is 26.4. The summed E-state index contributed by atoms with van der Waals surface area (Å²) in [6, 6.07) is -1.03. The van der Waals surface area contributed by atoms with E-state index in [1.807, 2.05) is 0 Å². The van der Waals surface area contributed by atoms with E-state index in [9.17, 15) is 13.6 Å². The molecule has 1 aromatic heterocycles. The molecule has 1 N–H and O–H groups in total. The zero-order chi connectivity index (χ0) is 11.6. The van der Waals surface area contributed by atoms with Gasteiger partial charge < -0.3 is 5.11 Å². The van der Waals surface area contributed by atoms with Gasteiger partial charge in [0.25, 0.3) is 6.43 Å². The first-order valence-electron chi connectivity index (χ1n) is 4.22. The fourth-order valence-corrected chi connectivity index (χ4v) is 1.86. The average Bonchev–Trinajstić information content (AvgIpc) is 2.48. The minimum atomic E-state index is -2.72. The van der Waals surface area contributed by atoms with Crippen LogP contribution in [0, 0.1) is 3.57 Å². The molecule has 15 heavy (non-hydrogen) atoms. The van der Waals surface area contributed by atoms with Crippen LogP contribution in [0.15, 0.2) is 6.20 Å². The fraction of sp³-hybridized carbons (Fsp3) is 0.500. The number of carboxylic acid groups (broad SMARTS) is 1. The molecule has 0 amide bonds. The molecule has 0 bridgehead atoms. The summed E-state index contributed by atoms with van der Waals surface area (Å²) >= 11 is 1.71. The van der Waals surface area contributed by atoms with E-state index in [0.29, 0.717) is 0 Å². The van der Waals surface area contributed by atoms with Gasteiger partial charge in [0.15, 0.2) is 0 Å². The van der Waals surface area contributed by atoms with Crippen molar-refractivity contribution in [1.29, 1.82) is 0 Å². The zero-order valence-corrected chi connectivity index (χ0v) is 9.98. The summed E-state index contributed by atoms with van der Waals surface area (Å²) in [5.41, 5.74) is -0.329. The largest absolute Gasteiger partial charge is 0.480 e. The number of aromatic nitrogens is 2. The predicted octanol–water partition coefficient (Wildman–Crippen LogP) is 2.46. The van der Waals surface area contributed by atoms with E-state index < -0.39 is 18.4 Å². The van der Waals surface area contributed by atoms with Crippen molar-refractivity contribution >= 4 is 28.6 Å². The lowest BCUT2D eigenvalue weighted by Gasteiger charge is -2.13. The van der Waals surface area contributed by atoms with Crippen molar-refractivity contribution in [2.24, 2.45) is 0 Å². The fourth-order valence-electron chi connectivity index (χ4n) is 1.26. The second-order valence-electron chi connectivity index (χ2n) is 2.89. The molecule has 1 atom stereocenters. The van der Waals surface area contributed by atoms with Crippen molar-refractivity contribution < 1.29 is 18.7 Å². The van der Waals surface area contributed by atoms with Crippen molar-refractivity contribution in [3.05, 3.63) is 15.5 Å². The Bertz CT molecular complexity index is 368. The molecular formula is C8H9F2IN2O2. The molecule has 0 spiro atoms. The molecule has 0 aliphatic heterocycles. The van der Waals surface area contributed by atoms with Crippen molar-refractivity contribution in [1.82, 2.24) is 9.78 Å². The molecule has 0 saturated carbocycles.